The second kappa shape index (κ2) is 2.97. The standard InChI is InChI=1S/C17H13N2/c1-11-6-7-14-12-4-2-3-5-13(12)16-8-9-18-10-15(11)17(14)19(16)18/h2-9H,10H2,1H3/q+1. The van der Waals surface area contributed by atoms with Gasteiger partial charge in [0.05, 0.1) is 5.56 Å². The molecule has 4 aromatic rings. The van der Waals surface area contributed by atoms with Crippen LogP contribution >= 0.6 is 0 Å². The van der Waals surface area contributed by atoms with E-state index in [4.69, 9.17) is 0 Å². The van der Waals surface area contributed by atoms with Gasteiger partial charge < -0.3 is 0 Å². The molecule has 2 aromatic carbocycles. The second-order valence-electron chi connectivity index (χ2n) is 5.41. The van der Waals surface area contributed by atoms with E-state index < -0.39 is 0 Å². The molecule has 0 N–H and O–H groups in total. The number of benzene rings is 2. The first-order valence-corrected chi connectivity index (χ1v) is 6.69. The predicted molar refractivity (Wildman–Crippen MR) is 76.4 cm³/mol. The number of nitrogens with zero attached hydrogens (tertiary/aromatic N) is 2. The summed E-state index contributed by atoms with van der Waals surface area (Å²) in [5.74, 6) is 0. The Morgan fingerprint density at radius 3 is 2.68 bits per heavy atom. The molecule has 3 heterocycles. The van der Waals surface area contributed by atoms with Gasteiger partial charge in [0.15, 0.2) is 12.7 Å². The number of aromatic nitrogens is 2. The Labute approximate surface area is 110 Å². The summed E-state index contributed by atoms with van der Waals surface area (Å²) in [6.07, 6.45) is 2.20. The number of rotatable bonds is 0. The summed E-state index contributed by atoms with van der Waals surface area (Å²) in [4.78, 5) is 0. The molecular formula is C17H13N2+. The molecule has 5 rings (SSSR count). The van der Waals surface area contributed by atoms with E-state index in [1.54, 1.807) is 0 Å². The van der Waals surface area contributed by atoms with Crippen molar-refractivity contribution >= 4 is 27.2 Å². The average Bonchev–Trinajstić information content (AvgIpc) is 3.01. The summed E-state index contributed by atoms with van der Waals surface area (Å²) < 4.78 is 4.69. The quantitative estimate of drug-likeness (QED) is 0.292. The van der Waals surface area contributed by atoms with Gasteiger partial charge in [-0.25, -0.2) is 0 Å². The first kappa shape index (κ1) is 9.56. The van der Waals surface area contributed by atoms with Crippen LogP contribution in [0.5, 0.6) is 0 Å². The highest BCUT2D eigenvalue weighted by atomic mass is 15.4. The molecule has 19 heavy (non-hydrogen) atoms. The van der Waals surface area contributed by atoms with E-state index in [2.05, 4.69) is 64.8 Å². The fraction of sp³-hybridized carbons (Fsp3) is 0.118. The normalized spacial score (nSPS) is 13.3. The molecule has 0 bridgehead atoms. The van der Waals surface area contributed by atoms with Crippen LogP contribution < -0.4 is 4.68 Å². The third-order valence-corrected chi connectivity index (χ3v) is 4.43. The third-order valence-electron chi connectivity index (χ3n) is 4.43. The number of fused-ring (bicyclic) bond motifs is 3. The Kier molecular flexibility index (Phi) is 1.49. The summed E-state index contributed by atoms with van der Waals surface area (Å²) in [5.41, 5.74) is 5.56. The zero-order chi connectivity index (χ0) is 12.6. The van der Waals surface area contributed by atoms with Gasteiger partial charge in [-0.1, -0.05) is 36.4 Å². The van der Waals surface area contributed by atoms with Crippen molar-refractivity contribution in [1.29, 1.82) is 0 Å². The molecule has 2 heteroatoms. The minimum Gasteiger partial charge on any atom is -0.119 e. The lowest BCUT2D eigenvalue weighted by Crippen LogP contribution is -2.35. The maximum absolute atomic E-state index is 2.38. The van der Waals surface area contributed by atoms with Crippen molar-refractivity contribution in [1.82, 2.24) is 4.52 Å². The fourth-order valence-corrected chi connectivity index (χ4v) is 3.51. The van der Waals surface area contributed by atoms with E-state index in [9.17, 15) is 0 Å². The lowest BCUT2D eigenvalue weighted by atomic mass is 9.99. The lowest BCUT2D eigenvalue weighted by Gasteiger charge is -2.06. The highest BCUT2D eigenvalue weighted by molar-refractivity contribution is 6.13. The maximum atomic E-state index is 2.38. The topological polar surface area (TPSA) is 8.29 Å². The van der Waals surface area contributed by atoms with Crippen molar-refractivity contribution in [2.24, 2.45) is 0 Å². The molecule has 0 atom stereocenters. The van der Waals surface area contributed by atoms with Gasteiger partial charge in [0.2, 0.25) is 0 Å². The Balaban J connectivity index is 2.26. The van der Waals surface area contributed by atoms with Crippen LogP contribution in [0.4, 0.5) is 0 Å². The van der Waals surface area contributed by atoms with Gasteiger partial charge in [0, 0.05) is 16.8 Å². The molecular weight excluding hydrogens is 232 g/mol. The van der Waals surface area contributed by atoms with Gasteiger partial charge in [-0.3, -0.25) is 0 Å². The summed E-state index contributed by atoms with van der Waals surface area (Å²) in [5, 5.41) is 4.06. The minimum atomic E-state index is 0.989. The highest BCUT2D eigenvalue weighted by Crippen LogP contribution is 2.33. The van der Waals surface area contributed by atoms with E-state index in [1.807, 2.05) is 0 Å². The van der Waals surface area contributed by atoms with Crippen LogP contribution in [-0.4, -0.2) is 4.52 Å². The smallest absolute Gasteiger partial charge is 0.119 e. The molecule has 0 saturated heterocycles. The molecule has 0 unspecified atom stereocenters. The molecule has 0 aliphatic carbocycles. The molecule has 0 fully saturated rings. The van der Waals surface area contributed by atoms with Crippen molar-refractivity contribution in [2.75, 3.05) is 0 Å². The Hall–Kier alpha value is -2.35. The first-order chi connectivity index (χ1) is 9.34. The molecule has 0 amide bonds. The monoisotopic (exact) mass is 245 g/mol. The summed E-state index contributed by atoms with van der Waals surface area (Å²) in [6, 6.07) is 15.5. The van der Waals surface area contributed by atoms with E-state index >= 15 is 0 Å². The summed E-state index contributed by atoms with van der Waals surface area (Å²) in [7, 11) is 0. The molecule has 2 nitrogen and oxygen atoms in total. The van der Waals surface area contributed by atoms with Crippen molar-refractivity contribution < 1.29 is 4.68 Å². The third kappa shape index (κ3) is 0.976. The summed E-state index contributed by atoms with van der Waals surface area (Å²) in [6.45, 7) is 3.20. The number of hydrogen-bond donors (Lipinski definition) is 0. The van der Waals surface area contributed by atoms with E-state index in [0.29, 0.717) is 0 Å². The molecule has 0 radical (unpaired) electrons. The van der Waals surface area contributed by atoms with Crippen LogP contribution in [-0.2, 0) is 6.54 Å². The highest BCUT2D eigenvalue weighted by Gasteiger charge is 2.27. The molecule has 90 valence electrons. The van der Waals surface area contributed by atoms with E-state index in [-0.39, 0.29) is 0 Å². The number of hydrogen-bond acceptors (Lipinski definition) is 0. The van der Waals surface area contributed by atoms with Gasteiger partial charge in [-0.2, -0.15) is 0 Å². The van der Waals surface area contributed by atoms with Crippen LogP contribution in [0.3, 0.4) is 0 Å². The van der Waals surface area contributed by atoms with Crippen LogP contribution in [0, 0.1) is 6.92 Å². The fourth-order valence-electron chi connectivity index (χ4n) is 3.51. The van der Waals surface area contributed by atoms with Gasteiger partial charge in [0.25, 0.3) is 0 Å². The Morgan fingerprint density at radius 1 is 0.947 bits per heavy atom. The van der Waals surface area contributed by atoms with Gasteiger partial charge in [-0.15, -0.1) is 9.20 Å². The van der Waals surface area contributed by atoms with Gasteiger partial charge in [0.1, 0.15) is 11.0 Å². The van der Waals surface area contributed by atoms with Crippen LogP contribution in [0.15, 0.2) is 48.7 Å². The molecule has 1 aliphatic heterocycles. The van der Waals surface area contributed by atoms with Crippen LogP contribution in [0.2, 0.25) is 0 Å². The Morgan fingerprint density at radius 2 is 1.79 bits per heavy atom. The predicted octanol–water partition coefficient (Wildman–Crippen LogP) is 3.20. The number of pyridine rings is 1. The lowest BCUT2D eigenvalue weighted by molar-refractivity contribution is -0.744. The van der Waals surface area contributed by atoms with Gasteiger partial charge in [-0.05, 0) is 17.9 Å². The molecule has 1 aliphatic rings. The van der Waals surface area contributed by atoms with Crippen LogP contribution in [0.1, 0.15) is 11.1 Å². The van der Waals surface area contributed by atoms with Gasteiger partial charge >= 0.3 is 0 Å². The number of aryl methyl sites for hydroxylation is 1. The van der Waals surface area contributed by atoms with E-state index in [0.717, 1.165) is 6.54 Å². The van der Waals surface area contributed by atoms with E-state index in [1.165, 1.54) is 38.3 Å². The maximum Gasteiger partial charge on any atom is 0.200 e. The molecule has 0 spiro atoms. The largest absolute Gasteiger partial charge is 0.200 e. The SMILES string of the molecule is Cc1ccc2c3ccccc3c3cc[n+]4n3c2c1C4. The zero-order valence-electron chi connectivity index (χ0n) is 10.7. The Bertz CT molecular complexity index is 993. The molecule has 2 aromatic heterocycles. The molecule has 0 saturated carbocycles. The van der Waals surface area contributed by atoms with Crippen molar-refractivity contribution in [3.8, 4) is 0 Å². The zero-order valence-corrected chi connectivity index (χ0v) is 10.7. The van der Waals surface area contributed by atoms with Crippen LogP contribution in [0.25, 0.3) is 27.2 Å². The van der Waals surface area contributed by atoms with Crippen molar-refractivity contribution in [2.45, 2.75) is 13.5 Å². The average molecular weight is 245 g/mol. The van der Waals surface area contributed by atoms with Crippen molar-refractivity contribution in [3.05, 3.63) is 59.8 Å². The minimum absolute atomic E-state index is 0.989. The second-order valence-corrected chi connectivity index (χ2v) is 5.41. The van der Waals surface area contributed by atoms with Crippen molar-refractivity contribution in [3.63, 3.8) is 0 Å². The first-order valence-electron chi connectivity index (χ1n) is 6.69. The summed E-state index contributed by atoms with van der Waals surface area (Å²) >= 11 is 0.